The third-order valence-electron chi connectivity index (χ3n) is 2.11. The predicted molar refractivity (Wildman–Crippen MR) is 43.3 cm³/mol. The number of hydrogen-bond acceptors (Lipinski definition) is 2. The maximum absolute atomic E-state index is 12.8. The van der Waals surface area contributed by atoms with Crippen molar-refractivity contribution in [2.75, 3.05) is 7.05 Å². The molecule has 0 saturated carbocycles. The zero-order valence-electron chi connectivity index (χ0n) is 7.30. The molecule has 0 amide bonds. The van der Waals surface area contributed by atoms with Crippen LogP contribution < -0.4 is 5.32 Å². The molecule has 11 heavy (non-hydrogen) atoms. The van der Waals surface area contributed by atoms with Crippen molar-refractivity contribution in [1.82, 2.24) is 5.32 Å². The minimum absolute atomic E-state index is 0.0557. The Morgan fingerprint density at radius 2 is 2.18 bits per heavy atom. The Kier molecular flexibility index (Phi) is 5.03. The van der Waals surface area contributed by atoms with Gasteiger partial charge in [-0.3, -0.25) is 0 Å². The van der Waals surface area contributed by atoms with E-state index in [1.54, 1.807) is 7.05 Å². The lowest BCUT2D eigenvalue weighted by Crippen LogP contribution is -2.36. The fourth-order valence-electron chi connectivity index (χ4n) is 1.17. The van der Waals surface area contributed by atoms with Gasteiger partial charge in [0.05, 0.1) is 0 Å². The van der Waals surface area contributed by atoms with Crippen LogP contribution in [0.5, 0.6) is 0 Å². The first-order valence-corrected chi connectivity index (χ1v) is 3.94. The van der Waals surface area contributed by atoms with Crippen LogP contribution in [0, 0.1) is 5.92 Å². The van der Waals surface area contributed by atoms with Crippen LogP contribution in [0.4, 0.5) is 4.39 Å². The second kappa shape index (κ2) is 5.24. The molecule has 3 heteroatoms. The van der Waals surface area contributed by atoms with E-state index >= 15 is 0 Å². The summed E-state index contributed by atoms with van der Waals surface area (Å²) in [5.41, 5.74) is 0. The molecular weight excluding hydrogens is 145 g/mol. The number of carbonyl (C=O) groups excluding carboxylic acids is 1. The number of alkyl halides is 1. The summed E-state index contributed by atoms with van der Waals surface area (Å²) in [5.74, 6) is -0.197. The summed E-state index contributed by atoms with van der Waals surface area (Å²) in [6.45, 7) is 3.76. The molecule has 0 saturated heterocycles. The molecule has 0 aliphatic heterocycles. The highest BCUT2D eigenvalue weighted by molar-refractivity contribution is 5.56. The Morgan fingerprint density at radius 1 is 1.64 bits per heavy atom. The van der Waals surface area contributed by atoms with E-state index < -0.39 is 6.17 Å². The number of halogens is 1. The van der Waals surface area contributed by atoms with Crippen molar-refractivity contribution in [3.63, 3.8) is 0 Å². The van der Waals surface area contributed by atoms with E-state index in [0.717, 1.165) is 0 Å². The highest BCUT2D eigenvalue weighted by Crippen LogP contribution is 2.14. The lowest BCUT2D eigenvalue weighted by molar-refractivity contribution is -0.114. The molecule has 0 fully saturated rings. The van der Waals surface area contributed by atoms with Crippen molar-refractivity contribution in [3.8, 4) is 0 Å². The van der Waals surface area contributed by atoms with E-state index in [-0.39, 0.29) is 12.0 Å². The van der Waals surface area contributed by atoms with Gasteiger partial charge in [-0.25, -0.2) is 4.39 Å². The summed E-state index contributed by atoms with van der Waals surface area (Å²) in [6.07, 6.45) is -0.272. The molecule has 0 bridgehead atoms. The van der Waals surface area contributed by atoms with Crippen molar-refractivity contribution < 1.29 is 9.18 Å². The van der Waals surface area contributed by atoms with Crippen molar-refractivity contribution in [2.45, 2.75) is 32.5 Å². The van der Waals surface area contributed by atoms with Gasteiger partial charge in [0.2, 0.25) is 0 Å². The Bertz CT molecular complexity index is 119. The van der Waals surface area contributed by atoms with Gasteiger partial charge in [0, 0.05) is 12.0 Å². The Labute approximate surface area is 67.2 Å². The van der Waals surface area contributed by atoms with Gasteiger partial charge < -0.3 is 10.1 Å². The standard InChI is InChI=1S/C8H16FNO/c1-4-7(6(2)10-3)8(9)5-11/h5-8,10H,4H2,1-3H3. The summed E-state index contributed by atoms with van der Waals surface area (Å²) >= 11 is 0. The van der Waals surface area contributed by atoms with Crippen LogP contribution in [0.1, 0.15) is 20.3 Å². The topological polar surface area (TPSA) is 29.1 Å². The Morgan fingerprint density at radius 3 is 2.45 bits per heavy atom. The largest absolute Gasteiger partial charge is 0.317 e. The molecule has 66 valence electrons. The molecule has 0 rings (SSSR count). The fraction of sp³-hybridized carbons (Fsp3) is 0.875. The quantitative estimate of drug-likeness (QED) is 0.613. The van der Waals surface area contributed by atoms with E-state index in [4.69, 9.17) is 0 Å². The van der Waals surface area contributed by atoms with E-state index in [9.17, 15) is 9.18 Å². The molecule has 0 heterocycles. The van der Waals surface area contributed by atoms with Crippen molar-refractivity contribution >= 4 is 6.29 Å². The lowest BCUT2D eigenvalue weighted by atomic mass is 9.94. The van der Waals surface area contributed by atoms with Gasteiger partial charge in [0.15, 0.2) is 12.5 Å². The summed E-state index contributed by atoms with van der Waals surface area (Å²) < 4.78 is 12.8. The molecule has 0 aliphatic rings. The maximum Gasteiger partial charge on any atom is 0.159 e. The van der Waals surface area contributed by atoms with Crippen LogP contribution in [0.25, 0.3) is 0 Å². The van der Waals surface area contributed by atoms with Crippen LogP contribution in [-0.2, 0) is 4.79 Å². The SMILES string of the molecule is CCC(C(F)C=O)C(C)NC. The molecule has 0 aliphatic carbocycles. The van der Waals surface area contributed by atoms with Gasteiger partial charge in [0.1, 0.15) is 0 Å². The number of rotatable bonds is 5. The molecule has 0 aromatic heterocycles. The first-order valence-electron chi connectivity index (χ1n) is 3.94. The van der Waals surface area contributed by atoms with E-state index in [0.29, 0.717) is 12.7 Å². The van der Waals surface area contributed by atoms with Crippen LogP contribution in [0.2, 0.25) is 0 Å². The second-order valence-corrected chi connectivity index (χ2v) is 2.73. The first-order chi connectivity index (χ1) is 5.17. The minimum atomic E-state index is -1.33. The summed E-state index contributed by atoms with van der Waals surface area (Å²) in [7, 11) is 1.77. The molecule has 3 unspecified atom stereocenters. The zero-order valence-corrected chi connectivity index (χ0v) is 7.30. The van der Waals surface area contributed by atoms with E-state index in [1.165, 1.54) is 0 Å². The van der Waals surface area contributed by atoms with Crippen LogP contribution >= 0.6 is 0 Å². The van der Waals surface area contributed by atoms with Gasteiger partial charge in [-0.2, -0.15) is 0 Å². The van der Waals surface area contributed by atoms with Crippen LogP contribution in [0.15, 0.2) is 0 Å². The van der Waals surface area contributed by atoms with Gasteiger partial charge in [-0.15, -0.1) is 0 Å². The number of nitrogens with one attached hydrogen (secondary N) is 1. The molecule has 0 aromatic carbocycles. The molecular formula is C8H16FNO. The van der Waals surface area contributed by atoms with Crippen LogP contribution in [-0.4, -0.2) is 25.5 Å². The molecule has 3 atom stereocenters. The number of carbonyl (C=O) groups is 1. The average molecular weight is 161 g/mol. The second-order valence-electron chi connectivity index (χ2n) is 2.73. The monoisotopic (exact) mass is 161 g/mol. The third-order valence-corrected chi connectivity index (χ3v) is 2.11. The molecule has 2 nitrogen and oxygen atoms in total. The summed E-state index contributed by atoms with van der Waals surface area (Å²) in [4.78, 5) is 10.1. The number of hydrogen-bond donors (Lipinski definition) is 1. The highest BCUT2D eigenvalue weighted by Gasteiger charge is 2.23. The first kappa shape index (κ1) is 10.6. The van der Waals surface area contributed by atoms with Crippen molar-refractivity contribution in [2.24, 2.45) is 5.92 Å². The van der Waals surface area contributed by atoms with Gasteiger partial charge >= 0.3 is 0 Å². The van der Waals surface area contributed by atoms with E-state index in [2.05, 4.69) is 5.32 Å². The maximum atomic E-state index is 12.8. The molecule has 1 N–H and O–H groups in total. The fourth-order valence-corrected chi connectivity index (χ4v) is 1.17. The normalized spacial score (nSPS) is 18.9. The van der Waals surface area contributed by atoms with E-state index in [1.807, 2.05) is 13.8 Å². The van der Waals surface area contributed by atoms with Gasteiger partial charge in [-0.05, 0) is 20.4 Å². The molecule has 0 aromatic rings. The third kappa shape index (κ3) is 2.97. The van der Waals surface area contributed by atoms with Gasteiger partial charge in [0.25, 0.3) is 0 Å². The smallest absolute Gasteiger partial charge is 0.159 e. The van der Waals surface area contributed by atoms with Crippen LogP contribution in [0.3, 0.4) is 0 Å². The predicted octanol–water partition coefficient (Wildman–Crippen LogP) is 1.16. The van der Waals surface area contributed by atoms with Crippen molar-refractivity contribution in [1.29, 1.82) is 0 Å². The van der Waals surface area contributed by atoms with Gasteiger partial charge in [-0.1, -0.05) is 6.92 Å². The summed E-state index contributed by atoms with van der Waals surface area (Å²) in [5, 5.41) is 2.93. The molecule has 0 spiro atoms. The zero-order chi connectivity index (χ0) is 8.85. The number of aldehydes is 1. The Hall–Kier alpha value is -0.440. The lowest BCUT2D eigenvalue weighted by Gasteiger charge is -2.22. The summed E-state index contributed by atoms with van der Waals surface area (Å²) in [6, 6.07) is 0.0557. The minimum Gasteiger partial charge on any atom is -0.317 e. The Balaban J connectivity index is 4.02. The molecule has 0 radical (unpaired) electrons. The highest BCUT2D eigenvalue weighted by atomic mass is 19.1. The van der Waals surface area contributed by atoms with Crippen molar-refractivity contribution in [3.05, 3.63) is 0 Å². The average Bonchev–Trinajstić information content (AvgIpc) is 2.05.